The maximum atomic E-state index is 13.2. The Morgan fingerprint density at radius 2 is 1.64 bits per heavy atom. The van der Waals surface area contributed by atoms with Gasteiger partial charge >= 0.3 is 0 Å². The van der Waals surface area contributed by atoms with Gasteiger partial charge in [0.2, 0.25) is 0 Å². The Bertz CT molecular complexity index is 885. The van der Waals surface area contributed by atoms with Crippen molar-refractivity contribution in [2.75, 3.05) is 0 Å². The van der Waals surface area contributed by atoms with Crippen molar-refractivity contribution in [2.24, 2.45) is 10.5 Å². The third kappa shape index (κ3) is 3.65. The molecule has 3 rings (SSSR count). The van der Waals surface area contributed by atoms with Gasteiger partial charge < -0.3 is 0 Å². The average molecular weight is 421 g/mol. The van der Waals surface area contributed by atoms with Crippen LogP contribution in [0.2, 0.25) is 0 Å². The molecule has 0 fully saturated rings. The van der Waals surface area contributed by atoms with Crippen molar-refractivity contribution in [3.8, 4) is 0 Å². The van der Waals surface area contributed by atoms with Crippen LogP contribution in [0.25, 0.3) is 0 Å². The second kappa shape index (κ2) is 6.57. The van der Waals surface area contributed by atoms with Crippen LogP contribution < -0.4 is 0 Å². The highest BCUT2D eigenvalue weighted by Crippen LogP contribution is 2.39. The van der Waals surface area contributed by atoms with Crippen molar-refractivity contribution in [1.82, 2.24) is 4.41 Å². The van der Waals surface area contributed by atoms with E-state index < -0.39 is 10.0 Å². The fraction of sp³-hybridized carbons (Fsp3) is 0.316. The molecule has 6 heteroatoms. The van der Waals surface area contributed by atoms with Crippen LogP contribution in [0.1, 0.15) is 38.8 Å². The van der Waals surface area contributed by atoms with E-state index in [-0.39, 0.29) is 16.4 Å². The first-order valence-corrected chi connectivity index (χ1v) is 10.4. The van der Waals surface area contributed by atoms with E-state index in [2.05, 4.69) is 41.8 Å². The minimum atomic E-state index is -3.71. The van der Waals surface area contributed by atoms with E-state index in [0.717, 1.165) is 15.7 Å². The summed E-state index contributed by atoms with van der Waals surface area (Å²) in [6.45, 7) is 6.18. The van der Waals surface area contributed by atoms with Gasteiger partial charge in [0.05, 0.1) is 10.9 Å². The lowest BCUT2D eigenvalue weighted by Gasteiger charge is -2.23. The lowest BCUT2D eigenvalue weighted by Crippen LogP contribution is -2.27. The largest absolute Gasteiger partial charge is 0.279 e. The zero-order chi connectivity index (χ0) is 18.2. The summed E-state index contributed by atoms with van der Waals surface area (Å²) in [6, 6.07) is 15.9. The Balaban J connectivity index is 2.08. The van der Waals surface area contributed by atoms with Crippen LogP contribution in [0, 0.1) is 5.41 Å². The third-order valence-corrected chi connectivity index (χ3v) is 6.51. The number of sulfonamides is 1. The van der Waals surface area contributed by atoms with Crippen molar-refractivity contribution in [2.45, 2.75) is 38.1 Å². The van der Waals surface area contributed by atoms with E-state index in [0.29, 0.717) is 6.42 Å². The predicted octanol–water partition coefficient (Wildman–Crippen LogP) is 4.99. The highest BCUT2D eigenvalue weighted by molar-refractivity contribution is 9.10. The summed E-state index contributed by atoms with van der Waals surface area (Å²) in [5.41, 5.74) is 1.64. The van der Waals surface area contributed by atoms with Gasteiger partial charge in [0.25, 0.3) is 10.0 Å². The molecule has 0 aliphatic carbocycles. The van der Waals surface area contributed by atoms with Gasteiger partial charge in [0, 0.05) is 22.0 Å². The van der Waals surface area contributed by atoms with Crippen LogP contribution in [0.4, 0.5) is 0 Å². The number of benzene rings is 2. The molecule has 25 heavy (non-hydrogen) atoms. The van der Waals surface area contributed by atoms with E-state index in [9.17, 15) is 8.42 Å². The smallest absolute Gasteiger partial charge is 0.200 e. The fourth-order valence-corrected chi connectivity index (χ4v) is 4.52. The van der Waals surface area contributed by atoms with Crippen LogP contribution in [0.5, 0.6) is 0 Å². The van der Waals surface area contributed by atoms with Gasteiger partial charge in [0.15, 0.2) is 0 Å². The fourth-order valence-electron chi connectivity index (χ4n) is 2.80. The molecule has 0 radical (unpaired) electrons. The van der Waals surface area contributed by atoms with Gasteiger partial charge in [-0.15, -0.1) is 0 Å². The zero-order valence-corrected chi connectivity index (χ0v) is 16.9. The summed E-state index contributed by atoms with van der Waals surface area (Å²) in [5.74, 6) is 0. The molecule has 0 N–H and O–H groups in total. The number of rotatable bonds is 3. The molecule has 0 unspecified atom stereocenters. The highest BCUT2D eigenvalue weighted by Gasteiger charge is 2.40. The second-order valence-corrected chi connectivity index (χ2v) is 9.87. The van der Waals surface area contributed by atoms with Crippen molar-refractivity contribution < 1.29 is 8.42 Å². The zero-order valence-electron chi connectivity index (χ0n) is 14.5. The van der Waals surface area contributed by atoms with E-state index in [1.807, 2.05) is 24.3 Å². The minimum Gasteiger partial charge on any atom is -0.200 e. The predicted molar refractivity (Wildman–Crippen MR) is 104 cm³/mol. The van der Waals surface area contributed by atoms with Gasteiger partial charge in [-0.25, -0.2) is 0 Å². The van der Waals surface area contributed by atoms with E-state index in [4.69, 9.17) is 0 Å². The summed E-state index contributed by atoms with van der Waals surface area (Å²) < 4.78 is 28.6. The molecule has 0 saturated heterocycles. The molecule has 2 aromatic rings. The molecule has 0 spiro atoms. The third-order valence-electron chi connectivity index (χ3n) is 4.28. The van der Waals surface area contributed by atoms with Crippen LogP contribution >= 0.6 is 15.9 Å². The van der Waals surface area contributed by atoms with Crippen LogP contribution in [0.15, 0.2) is 69.1 Å². The standard InChI is InChI=1S/C19H21BrN2O2S/c1-19(2,3)18-13-17(14-9-11-15(20)12-10-14)22(21-18)25(23,24)16-7-5-4-6-8-16/h4-12,17H,13H2,1-3H3/t17-/m0/s1. The Morgan fingerprint density at radius 1 is 1.04 bits per heavy atom. The number of hydrazone groups is 1. The van der Waals surface area contributed by atoms with E-state index in [1.165, 1.54) is 4.41 Å². The minimum absolute atomic E-state index is 0.186. The quantitative estimate of drug-likeness (QED) is 0.702. The van der Waals surface area contributed by atoms with Gasteiger partial charge in [-0.3, -0.25) is 0 Å². The molecule has 0 amide bonds. The molecule has 2 aromatic carbocycles. The summed E-state index contributed by atoms with van der Waals surface area (Å²) in [5, 5.41) is 4.54. The number of nitrogens with zero attached hydrogens (tertiary/aromatic N) is 2. The van der Waals surface area contributed by atoms with Gasteiger partial charge in [-0.1, -0.05) is 67.0 Å². The number of hydrogen-bond donors (Lipinski definition) is 0. The topological polar surface area (TPSA) is 49.7 Å². The van der Waals surface area contributed by atoms with Crippen molar-refractivity contribution in [3.63, 3.8) is 0 Å². The first-order valence-electron chi connectivity index (χ1n) is 8.12. The maximum Gasteiger partial charge on any atom is 0.279 e. The molecule has 1 heterocycles. The first kappa shape index (κ1) is 18.1. The van der Waals surface area contributed by atoms with Crippen LogP contribution in [-0.2, 0) is 10.0 Å². The summed E-state index contributed by atoms with van der Waals surface area (Å²) in [7, 11) is -3.71. The van der Waals surface area contributed by atoms with Gasteiger partial charge in [-0.2, -0.15) is 17.9 Å². The summed E-state index contributed by atoms with van der Waals surface area (Å²) >= 11 is 3.43. The van der Waals surface area contributed by atoms with Crippen molar-refractivity contribution in [1.29, 1.82) is 0 Å². The molecule has 0 saturated carbocycles. The first-order chi connectivity index (χ1) is 11.7. The van der Waals surface area contributed by atoms with E-state index in [1.54, 1.807) is 30.3 Å². The normalized spacial score (nSPS) is 18.3. The molecule has 4 nitrogen and oxygen atoms in total. The monoisotopic (exact) mass is 420 g/mol. The van der Waals surface area contributed by atoms with Gasteiger partial charge in [-0.05, 0) is 29.8 Å². The second-order valence-electron chi connectivity index (χ2n) is 7.16. The van der Waals surface area contributed by atoms with Crippen molar-refractivity contribution in [3.05, 3.63) is 64.6 Å². The Kier molecular flexibility index (Phi) is 4.77. The van der Waals surface area contributed by atoms with Crippen molar-refractivity contribution >= 4 is 31.7 Å². The molecular formula is C19H21BrN2O2S. The lowest BCUT2D eigenvalue weighted by molar-refractivity contribution is 0.371. The number of halogens is 1. The molecule has 1 aliphatic rings. The van der Waals surface area contributed by atoms with Crippen LogP contribution in [-0.4, -0.2) is 18.5 Å². The maximum absolute atomic E-state index is 13.2. The molecule has 0 aromatic heterocycles. The Labute approximate surface area is 157 Å². The highest BCUT2D eigenvalue weighted by atomic mass is 79.9. The lowest BCUT2D eigenvalue weighted by atomic mass is 9.86. The average Bonchev–Trinajstić information content (AvgIpc) is 3.03. The molecule has 1 atom stereocenters. The Morgan fingerprint density at radius 3 is 2.20 bits per heavy atom. The molecular weight excluding hydrogens is 400 g/mol. The summed E-state index contributed by atoms with van der Waals surface area (Å²) in [4.78, 5) is 0.260. The van der Waals surface area contributed by atoms with Gasteiger partial charge in [0.1, 0.15) is 0 Å². The SMILES string of the molecule is CC(C)(C)C1=NN(S(=O)(=O)c2ccccc2)[C@H](c2ccc(Br)cc2)C1. The molecule has 1 aliphatic heterocycles. The van der Waals surface area contributed by atoms with Crippen LogP contribution in [0.3, 0.4) is 0 Å². The van der Waals surface area contributed by atoms with E-state index >= 15 is 0 Å². The molecule has 0 bridgehead atoms. The summed E-state index contributed by atoms with van der Waals surface area (Å²) in [6.07, 6.45) is 0.594. The number of hydrogen-bond acceptors (Lipinski definition) is 3. The molecule has 132 valence electrons. The Hall–Kier alpha value is -1.66.